The van der Waals surface area contributed by atoms with Crippen LogP contribution in [0, 0.1) is 0 Å². The van der Waals surface area contributed by atoms with Gasteiger partial charge in [0.1, 0.15) is 0 Å². The van der Waals surface area contributed by atoms with Gasteiger partial charge in [-0.2, -0.15) is 0 Å². The zero-order chi connectivity index (χ0) is 18.6. The Morgan fingerprint density at radius 3 is 1.40 bits per heavy atom. The van der Waals surface area contributed by atoms with E-state index in [-0.39, 0.29) is 0 Å². The summed E-state index contributed by atoms with van der Waals surface area (Å²) in [5.41, 5.74) is 0. The smallest absolute Gasteiger partial charge is 0.377 e. The molecule has 5 heteroatoms. The van der Waals surface area contributed by atoms with Crippen molar-refractivity contribution in [1.29, 1.82) is 0 Å². The van der Waals surface area contributed by atoms with Gasteiger partial charge in [0.25, 0.3) is 0 Å². The normalized spacial score (nSPS) is 12.0. The van der Waals surface area contributed by atoms with Crippen LogP contribution in [0.2, 0.25) is 6.04 Å². The van der Waals surface area contributed by atoms with Gasteiger partial charge in [0, 0.05) is 27.4 Å². The summed E-state index contributed by atoms with van der Waals surface area (Å²) >= 11 is 0. The van der Waals surface area contributed by atoms with Gasteiger partial charge in [0.05, 0.1) is 0 Å². The Hall–Kier alpha value is 0.0569. The molecule has 0 radical (unpaired) electrons. The van der Waals surface area contributed by atoms with E-state index in [0.717, 1.165) is 25.6 Å². The van der Waals surface area contributed by atoms with Crippen molar-refractivity contribution in [3.05, 3.63) is 0 Å². The van der Waals surface area contributed by atoms with Crippen LogP contribution in [0.5, 0.6) is 0 Å². The van der Waals surface area contributed by atoms with Crippen LogP contribution in [0.4, 0.5) is 0 Å². The predicted octanol–water partition coefficient (Wildman–Crippen LogP) is 5.55. The predicted molar refractivity (Wildman–Crippen MR) is 110 cm³/mol. The Morgan fingerprint density at radius 2 is 0.960 bits per heavy atom. The highest BCUT2D eigenvalue weighted by molar-refractivity contribution is 6.60. The summed E-state index contributed by atoms with van der Waals surface area (Å²) in [4.78, 5) is 0. The summed E-state index contributed by atoms with van der Waals surface area (Å²) in [6, 6.07) is 0.877. The fourth-order valence-corrected chi connectivity index (χ4v) is 4.92. The van der Waals surface area contributed by atoms with E-state index < -0.39 is 8.80 Å². The molecular formula is C20H45NO3Si. The van der Waals surface area contributed by atoms with E-state index in [2.05, 4.69) is 12.2 Å². The van der Waals surface area contributed by atoms with Gasteiger partial charge < -0.3 is 18.6 Å². The van der Waals surface area contributed by atoms with Crippen LogP contribution in [-0.2, 0) is 13.3 Å². The number of unbranched alkanes of at least 4 members (excludes halogenated alkanes) is 11. The summed E-state index contributed by atoms with van der Waals surface area (Å²) < 4.78 is 16.3. The third-order valence-corrected chi connectivity index (χ3v) is 7.81. The maximum Gasteiger partial charge on any atom is 0.500 e. The fourth-order valence-electron chi connectivity index (χ4n) is 3.20. The van der Waals surface area contributed by atoms with Gasteiger partial charge in [-0.1, -0.05) is 77.6 Å². The largest absolute Gasteiger partial charge is 0.500 e. The minimum atomic E-state index is -2.36. The molecule has 0 saturated carbocycles. The summed E-state index contributed by atoms with van der Waals surface area (Å²) in [5.74, 6) is 0. The van der Waals surface area contributed by atoms with Gasteiger partial charge in [0.15, 0.2) is 0 Å². The Balaban J connectivity index is 3.21. The van der Waals surface area contributed by atoms with Crippen molar-refractivity contribution in [1.82, 2.24) is 5.32 Å². The summed E-state index contributed by atoms with van der Waals surface area (Å²) in [5, 5.41) is 3.52. The number of hydrogen-bond acceptors (Lipinski definition) is 4. The fraction of sp³-hybridized carbons (Fsp3) is 1.00. The average Bonchev–Trinajstić information content (AvgIpc) is 2.65. The summed E-state index contributed by atoms with van der Waals surface area (Å²) in [6.07, 6.45) is 17.9. The zero-order valence-electron chi connectivity index (χ0n) is 17.5. The molecule has 25 heavy (non-hydrogen) atoms. The van der Waals surface area contributed by atoms with Gasteiger partial charge >= 0.3 is 8.80 Å². The molecule has 4 nitrogen and oxygen atoms in total. The third kappa shape index (κ3) is 14.9. The highest BCUT2D eigenvalue weighted by Crippen LogP contribution is 2.14. The second-order valence-electron chi connectivity index (χ2n) is 7.04. The highest BCUT2D eigenvalue weighted by Gasteiger charge is 2.36. The molecule has 0 aliphatic heterocycles. The molecular weight excluding hydrogens is 330 g/mol. The molecule has 0 amide bonds. The monoisotopic (exact) mass is 375 g/mol. The molecule has 0 unspecified atom stereocenters. The summed E-state index contributed by atoms with van der Waals surface area (Å²) in [6.45, 7) is 4.42. The second-order valence-corrected chi connectivity index (χ2v) is 10.1. The molecule has 152 valence electrons. The SMILES string of the molecule is CCCCCCCCCCCCCCNCCC[Si](OC)(OC)OC. The van der Waals surface area contributed by atoms with Crippen LogP contribution in [0.3, 0.4) is 0 Å². The zero-order valence-corrected chi connectivity index (χ0v) is 18.5. The van der Waals surface area contributed by atoms with Crippen molar-refractivity contribution in [3.63, 3.8) is 0 Å². The van der Waals surface area contributed by atoms with E-state index in [4.69, 9.17) is 13.3 Å². The molecule has 1 N–H and O–H groups in total. The Morgan fingerprint density at radius 1 is 0.560 bits per heavy atom. The Bertz CT molecular complexity index is 255. The van der Waals surface area contributed by atoms with Crippen LogP contribution in [0.15, 0.2) is 0 Å². The van der Waals surface area contributed by atoms with Crippen LogP contribution in [0.1, 0.15) is 90.4 Å². The number of nitrogens with one attached hydrogen (secondary N) is 1. The highest BCUT2D eigenvalue weighted by atomic mass is 28.4. The van der Waals surface area contributed by atoms with Crippen LogP contribution in [-0.4, -0.2) is 43.2 Å². The maximum atomic E-state index is 5.43. The molecule has 0 rings (SSSR count). The van der Waals surface area contributed by atoms with Gasteiger partial charge in [-0.3, -0.25) is 0 Å². The van der Waals surface area contributed by atoms with Crippen LogP contribution in [0.25, 0.3) is 0 Å². The van der Waals surface area contributed by atoms with Crippen LogP contribution < -0.4 is 5.32 Å². The van der Waals surface area contributed by atoms with Crippen molar-refractivity contribution in [3.8, 4) is 0 Å². The lowest BCUT2D eigenvalue weighted by molar-refractivity contribution is 0.123. The number of hydrogen-bond donors (Lipinski definition) is 1. The van der Waals surface area contributed by atoms with E-state index >= 15 is 0 Å². The molecule has 0 aromatic heterocycles. The first-order chi connectivity index (χ1) is 12.2. The first-order valence-electron chi connectivity index (χ1n) is 10.6. The van der Waals surface area contributed by atoms with E-state index in [9.17, 15) is 0 Å². The van der Waals surface area contributed by atoms with Gasteiger partial charge in [-0.25, -0.2) is 0 Å². The van der Waals surface area contributed by atoms with Crippen LogP contribution >= 0.6 is 0 Å². The molecule has 0 spiro atoms. The molecule has 0 fully saturated rings. The van der Waals surface area contributed by atoms with Crippen molar-refractivity contribution < 1.29 is 13.3 Å². The second kappa shape index (κ2) is 18.8. The molecule has 0 aromatic carbocycles. The topological polar surface area (TPSA) is 39.7 Å². The minimum Gasteiger partial charge on any atom is -0.377 e. The number of rotatable bonds is 20. The van der Waals surface area contributed by atoms with Crippen molar-refractivity contribution >= 4 is 8.80 Å². The molecule has 0 heterocycles. The van der Waals surface area contributed by atoms with Gasteiger partial charge in [-0.05, 0) is 25.9 Å². The Kier molecular flexibility index (Phi) is 18.9. The Labute approximate surface area is 158 Å². The lowest BCUT2D eigenvalue weighted by atomic mass is 10.1. The quantitative estimate of drug-likeness (QED) is 0.224. The van der Waals surface area contributed by atoms with E-state index in [1.54, 1.807) is 21.3 Å². The molecule has 0 aliphatic rings. The molecule has 0 saturated heterocycles. The van der Waals surface area contributed by atoms with E-state index in [0.29, 0.717) is 0 Å². The standard InChI is InChI=1S/C20H45NO3Si/c1-5-6-7-8-9-10-11-12-13-14-15-16-18-21-19-17-20-25(22-2,23-3)24-4/h21H,5-20H2,1-4H3. The van der Waals surface area contributed by atoms with E-state index in [1.165, 1.54) is 77.0 Å². The van der Waals surface area contributed by atoms with Gasteiger partial charge in [-0.15, -0.1) is 0 Å². The molecule has 0 bridgehead atoms. The molecule has 0 aliphatic carbocycles. The minimum absolute atomic E-state index is 0.877. The average molecular weight is 376 g/mol. The molecule has 0 aromatic rings. The first-order valence-corrected chi connectivity index (χ1v) is 12.5. The van der Waals surface area contributed by atoms with Crippen molar-refractivity contribution in [2.24, 2.45) is 0 Å². The molecule has 0 atom stereocenters. The van der Waals surface area contributed by atoms with E-state index in [1.807, 2.05) is 0 Å². The maximum absolute atomic E-state index is 5.43. The van der Waals surface area contributed by atoms with Crippen molar-refractivity contribution in [2.45, 2.75) is 96.4 Å². The summed E-state index contributed by atoms with van der Waals surface area (Å²) in [7, 11) is 2.67. The third-order valence-electron chi connectivity index (χ3n) is 4.98. The lowest BCUT2D eigenvalue weighted by Gasteiger charge is -2.24. The van der Waals surface area contributed by atoms with Gasteiger partial charge in [0.2, 0.25) is 0 Å². The lowest BCUT2D eigenvalue weighted by Crippen LogP contribution is -2.43. The van der Waals surface area contributed by atoms with Crippen molar-refractivity contribution in [2.75, 3.05) is 34.4 Å². The first kappa shape index (κ1) is 25.1.